The van der Waals surface area contributed by atoms with Gasteiger partial charge in [-0.15, -0.1) is 0 Å². The molecule has 0 atom stereocenters. The van der Waals surface area contributed by atoms with Crippen molar-refractivity contribution in [3.05, 3.63) is 0 Å². The molecule has 0 fully saturated rings. The second-order valence-corrected chi connectivity index (χ2v) is 9.54. The molecule has 0 aliphatic rings. The minimum absolute atomic E-state index is 0.779. The highest BCUT2D eigenvalue weighted by Crippen LogP contribution is 2.09. The summed E-state index contributed by atoms with van der Waals surface area (Å²) in [6.45, 7) is 7.09. The maximum absolute atomic E-state index is 5.27. The van der Waals surface area contributed by atoms with E-state index in [0.717, 1.165) is 5.75 Å². The Hall–Kier alpha value is 0.527. The van der Waals surface area contributed by atoms with E-state index in [1.807, 2.05) is 0 Å². The van der Waals surface area contributed by atoms with Crippen LogP contribution in [0.1, 0.15) is 0 Å². The van der Waals surface area contributed by atoms with Gasteiger partial charge in [0.1, 0.15) is 0 Å². The Morgan fingerprint density at radius 3 is 2.00 bits per heavy atom. The number of rotatable bonds is 3. The van der Waals surface area contributed by atoms with Gasteiger partial charge in [-0.05, 0) is 6.04 Å². The van der Waals surface area contributed by atoms with Gasteiger partial charge in [-0.3, -0.25) is 5.14 Å². The first-order chi connectivity index (χ1) is 3.56. The third-order valence-electron chi connectivity index (χ3n) is 0.970. The van der Waals surface area contributed by atoms with E-state index in [1.165, 1.54) is 18.0 Å². The van der Waals surface area contributed by atoms with Gasteiger partial charge in [0.2, 0.25) is 0 Å². The highest BCUT2D eigenvalue weighted by Gasteiger charge is 2.10. The molecule has 3 heteroatoms. The molecule has 2 N–H and O–H groups in total. The van der Waals surface area contributed by atoms with Gasteiger partial charge in [-0.2, -0.15) is 0 Å². The molecule has 0 spiro atoms. The lowest BCUT2D eigenvalue weighted by atomic mass is 11.0. The summed E-state index contributed by atoms with van der Waals surface area (Å²) in [6, 6.07) is 1.34. The molecule has 50 valence electrons. The van der Waals surface area contributed by atoms with Crippen LogP contribution in [-0.2, 0) is 0 Å². The van der Waals surface area contributed by atoms with E-state index in [9.17, 15) is 0 Å². The van der Waals surface area contributed by atoms with Gasteiger partial charge in [-0.1, -0.05) is 31.6 Å². The summed E-state index contributed by atoms with van der Waals surface area (Å²) in [6.07, 6.45) is 0. The standard InChI is InChI=1S/C5H15NSSi/c1-8(2,3)5-4-7-6/h4-6H2,1-3H3. The topological polar surface area (TPSA) is 26.0 Å². The van der Waals surface area contributed by atoms with E-state index in [0.29, 0.717) is 0 Å². The van der Waals surface area contributed by atoms with Crippen molar-refractivity contribution in [2.24, 2.45) is 5.14 Å². The van der Waals surface area contributed by atoms with Crippen LogP contribution in [0.4, 0.5) is 0 Å². The predicted molar refractivity (Wildman–Crippen MR) is 44.8 cm³/mol. The van der Waals surface area contributed by atoms with Crippen LogP contribution in [0.3, 0.4) is 0 Å². The summed E-state index contributed by atoms with van der Waals surface area (Å²) in [4.78, 5) is 0. The van der Waals surface area contributed by atoms with Crippen LogP contribution in [0.2, 0.25) is 25.7 Å². The SMILES string of the molecule is C[Si](C)(C)CCSN. The molecular weight excluding hydrogens is 134 g/mol. The molecule has 0 aromatic heterocycles. The van der Waals surface area contributed by atoms with E-state index in [-0.39, 0.29) is 0 Å². The van der Waals surface area contributed by atoms with Crippen molar-refractivity contribution in [3.8, 4) is 0 Å². The molecule has 0 amide bonds. The average molecular weight is 149 g/mol. The Bertz CT molecular complexity index is 59.9. The first-order valence-corrected chi connectivity index (χ1v) is 7.63. The van der Waals surface area contributed by atoms with E-state index in [1.54, 1.807) is 0 Å². The molecule has 0 aliphatic carbocycles. The molecule has 0 saturated carbocycles. The molecule has 0 radical (unpaired) electrons. The molecule has 0 unspecified atom stereocenters. The fraction of sp³-hybridized carbons (Fsp3) is 1.00. The van der Waals surface area contributed by atoms with Gasteiger partial charge in [0.05, 0.1) is 0 Å². The zero-order chi connectivity index (χ0) is 6.62. The first kappa shape index (κ1) is 8.53. The number of hydrogen-bond donors (Lipinski definition) is 1. The normalized spacial score (nSPS) is 12.0. The summed E-state index contributed by atoms with van der Waals surface area (Å²) in [5.74, 6) is 1.13. The van der Waals surface area contributed by atoms with Crippen molar-refractivity contribution >= 4 is 20.0 Å². The molecule has 8 heavy (non-hydrogen) atoms. The van der Waals surface area contributed by atoms with Crippen LogP contribution in [0.5, 0.6) is 0 Å². The lowest BCUT2D eigenvalue weighted by Crippen LogP contribution is -2.20. The summed E-state index contributed by atoms with van der Waals surface area (Å²) in [5.41, 5.74) is 0. The zero-order valence-corrected chi connectivity index (χ0v) is 7.72. The number of nitrogens with two attached hydrogens (primary N) is 1. The van der Waals surface area contributed by atoms with Crippen molar-refractivity contribution in [2.75, 3.05) is 5.75 Å². The van der Waals surface area contributed by atoms with Gasteiger partial charge in [-0.25, -0.2) is 0 Å². The van der Waals surface area contributed by atoms with Crippen molar-refractivity contribution in [1.82, 2.24) is 0 Å². The molecular formula is C5H15NSSi. The molecule has 0 aromatic rings. The fourth-order valence-corrected chi connectivity index (χ4v) is 3.29. The highest BCUT2D eigenvalue weighted by molar-refractivity contribution is 7.97. The third-order valence-corrected chi connectivity index (χ3v) is 3.52. The Balaban J connectivity index is 3.11. The first-order valence-electron chi connectivity index (χ1n) is 2.88. The molecule has 0 rings (SSSR count). The number of hydrogen-bond acceptors (Lipinski definition) is 2. The van der Waals surface area contributed by atoms with Crippen molar-refractivity contribution in [2.45, 2.75) is 25.7 Å². The molecule has 0 aliphatic heterocycles. The summed E-state index contributed by atoms with van der Waals surface area (Å²) < 4.78 is 0. The Morgan fingerprint density at radius 2 is 1.88 bits per heavy atom. The van der Waals surface area contributed by atoms with Crippen LogP contribution < -0.4 is 5.14 Å². The van der Waals surface area contributed by atoms with Crippen molar-refractivity contribution < 1.29 is 0 Å². The predicted octanol–water partition coefficient (Wildman–Crippen LogP) is 1.93. The van der Waals surface area contributed by atoms with Crippen LogP contribution in [0.15, 0.2) is 0 Å². The largest absolute Gasteiger partial charge is 0.278 e. The summed E-state index contributed by atoms with van der Waals surface area (Å²) in [5, 5.41) is 5.27. The second-order valence-electron chi connectivity index (χ2n) is 3.18. The van der Waals surface area contributed by atoms with Gasteiger partial charge < -0.3 is 0 Å². The second kappa shape index (κ2) is 3.53. The zero-order valence-electron chi connectivity index (χ0n) is 5.90. The lowest BCUT2D eigenvalue weighted by Gasteiger charge is -2.13. The Morgan fingerprint density at radius 1 is 1.38 bits per heavy atom. The van der Waals surface area contributed by atoms with Gasteiger partial charge in [0.25, 0.3) is 0 Å². The maximum atomic E-state index is 5.27. The van der Waals surface area contributed by atoms with E-state index >= 15 is 0 Å². The van der Waals surface area contributed by atoms with Crippen LogP contribution in [0.25, 0.3) is 0 Å². The molecule has 0 bridgehead atoms. The van der Waals surface area contributed by atoms with Crippen LogP contribution >= 0.6 is 11.9 Å². The van der Waals surface area contributed by atoms with Crippen molar-refractivity contribution in [1.29, 1.82) is 0 Å². The molecule has 1 nitrogen and oxygen atoms in total. The molecule has 0 aromatic carbocycles. The van der Waals surface area contributed by atoms with Crippen LogP contribution in [-0.4, -0.2) is 13.8 Å². The Kier molecular flexibility index (Phi) is 3.77. The summed E-state index contributed by atoms with van der Waals surface area (Å²) in [7, 11) is -0.779. The van der Waals surface area contributed by atoms with Gasteiger partial charge in [0.15, 0.2) is 0 Å². The third kappa shape index (κ3) is 6.53. The van der Waals surface area contributed by atoms with E-state index in [4.69, 9.17) is 5.14 Å². The fourth-order valence-electron chi connectivity index (χ4n) is 0.365. The summed E-state index contributed by atoms with van der Waals surface area (Å²) >= 11 is 1.46. The lowest BCUT2D eigenvalue weighted by molar-refractivity contribution is 1.37. The minimum Gasteiger partial charge on any atom is -0.278 e. The monoisotopic (exact) mass is 149 g/mol. The quantitative estimate of drug-likeness (QED) is 0.490. The van der Waals surface area contributed by atoms with Gasteiger partial charge in [0, 0.05) is 13.8 Å². The maximum Gasteiger partial charge on any atom is 0.0451 e. The van der Waals surface area contributed by atoms with E-state index < -0.39 is 8.07 Å². The molecule has 0 heterocycles. The van der Waals surface area contributed by atoms with Gasteiger partial charge >= 0.3 is 0 Å². The highest BCUT2D eigenvalue weighted by atomic mass is 32.2. The smallest absolute Gasteiger partial charge is 0.0451 e. The van der Waals surface area contributed by atoms with Crippen molar-refractivity contribution in [3.63, 3.8) is 0 Å². The molecule has 0 saturated heterocycles. The van der Waals surface area contributed by atoms with Crippen LogP contribution in [0, 0.1) is 0 Å². The Labute approximate surface area is 57.2 Å². The minimum atomic E-state index is -0.779. The average Bonchev–Trinajstić information content (AvgIpc) is 1.59. The van der Waals surface area contributed by atoms with E-state index in [2.05, 4.69) is 19.6 Å².